The van der Waals surface area contributed by atoms with Gasteiger partial charge in [-0.2, -0.15) is 0 Å². The lowest BCUT2D eigenvalue weighted by Crippen LogP contribution is -2.22. The summed E-state index contributed by atoms with van der Waals surface area (Å²) in [5, 5.41) is 10.6. The van der Waals surface area contributed by atoms with E-state index >= 15 is 0 Å². The number of aryl methyl sites for hydroxylation is 1. The maximum atomic E-state index is 10.9. The second-order valence-electron chi connectivity index (χ2n) is 3.16. The number of carbonyl (C=O) groups is 1. The molecule has 0 saturated carbocycles. The number of rotatable bonds is 3. The number of carboxylic acid groups (broad SMARTS) is 1. The van der Waals surface area contributed by atoms with E-state index in [1.54, 1.807) is 38.3 Å². The summed E-state index contributed by atoms with van der Waals surface area (Å²) in [5.74, 6) is -0.609. The number of aromatic nitrogens is 1. The highest BCUT2D eigenvalue weighted by molar-refractivity contribution is 5.94. The van der Waals surface area contributed by atoms with Crippen LogP contribution < -0.4 is 5.43 Å². The van der Waals surface area contributed by atoms with Crippen LogP contribution in [0, 0.1) is 6.92 Å². The van der Waals surface area contributed by atoms with Gasteiger partial charge < -0.3 is 10.5 Å². The van der Waals surface area contributed by atoms with Gasteiger partial charge in [0.1, 0.15) is 5.56 Å². The first-order valence-corrected chi connectivity index (χ1v) is 4.15. The molecule has 1 heterocycles. The van der Waals surface area contributed by atoms with Gasteiger partial charge >= 0.3 is 5.97 Å². The van der Waals surface area contributed by atoms with Crippen molar-refractivity contribution < 1.29 is 9.90 Å². The fourth-order valence-electron chi connectivity index (χ4n) is 1.12. The molecule has 76 valence electrons. The predicted octanol–water partition coefficient (Wildman–Crippen LogP) is 0.977. The fraction of sp³-hybridized carbons (Fsp3) is 0.333. The fourth-order valence-corrected chi connectivity index (χ4v) is 1.12. The van der Waals surface area contributed by atoms with Gasteiger partial charge in [0.25, 0.3) is 0 Å². The van der Waals surface area contributed by atoms with E-state index in [9.17, 15) is 4.79 Å². The zero-order chi connectivity index (χ0) is 10.7. The number of nitrogens with zero attached hydrogens (tertiary/aromatic N) is 2. The zero-order valence-corrected chi connectivity index (χ0v) is 8.40. The summed E-state index contributed by atoms with van der Waals surface area (Å²) in [6.07, 6.45) is 1.58. The van der Waals surface area contributed by atoms with E-state index in [2.05, 4.69) is 10.4 Å². The highest BCUT2D eigenvalue weighted by Gasteiger charge is 2.14. The van der Waals surface area contributed by atoms with Gasteiger partial charge in [0.15, 0.2) is 5.82 Å². The van der Waals surface area contributed by atoms with Gasteiger partial charge in [-0.15, -0.1) is 0 Å². The molecule has 0 aromatic carbocycles. The Labute approximate surface area is 82.3 Å². The Balaban J connectivity index is 3.14. The maximum absolute atomic E-state index is 10.9. The Morgan fingerprint density at radius 2 is 2.21 bits per heavy atom. The molecule has 1 aromatic heterocycles. The van der Waals surface area contributed by atoms with Crippen LogP contribution in [0.15, 0.2) is 12.3 Å². The minimum Gasteiger partial charge on any atom is -0.478 e. The molecule has 0 saturated heterocycles. The SMILES string of the molecule is Cc1ccnc(NN(C)C)c1C(=O)O. The van der Waals surface area contributed by atoms with Gasteiger partial charge in [0.2, 0.25) is 0 Å². The molecule has 0 bridgehead atoms. The summed E-state index contributed by atoms with van der Waals surface area (Å²) in [6, 6.07) is 1.67. The summed E-state index contributed by atoms with van der Waals surface area (Å²) in [6.45, 7) is 1.74. The Hall–Kier alpha value is -1.62. The average molecular weight is 195 g/mol. The Kier molecular flexibility index (Phi) is 3.03. The van der Waals surface area contributed by atoms with Crippen molar-refractivity contribution in [3.8, 4) is 0 Å². The number of hydrogen-bond donors (Lipinski definition) is 2. The third-order valence-corrected chi connectivity index (χ3v) is 1.70. The minimum atomic E-state index is -0.972. The van der Waals surface area contributed by atoms with E-state index in [1.807, 2.05) is 0 Å². The van der Waals surface area contributed by atoms with Crippen LogP contribution in [0.1, 0.15) is 15.9 Å². The van der Waals surface area contributed by atoms with E-state index in [4.69, 9.17) is 5.11 Å². The molecule has 0 atom stereocenters. The molecule has 5 heteroatoms. The molecule has 5 nitrogen and oxygen atoms in total. The summed E-state index contributed by atoms with van der Waals surface area (Å²) in [7, 11) is 3.55. The number of hydrogen-bond acceptors (Lipinski definition) is 4. The molecule has 1 aromatic rings. The first-order chi connectivity index (χ1) is 6.52. The Morgan fingerprint density at radius 1 is 1.57 bits per heavy atom. The molecule has 0 aliphatic heterocycles. The number of pyridine rings is 1. The van der Waals surface area contributed by atoms with Gasteiger partial charge in [0, 0.05) is 20.3 Å². The molecule has 0 unspecified atom stereocenters. The van der Waals surface area contributed by atoms with Gasteiger partial charge in [-0.1, -0.05) is 0 Å². The first kappa shape index (κ1) is 10.5. The molecule has 14 heavy (non-hydrogen) atoms. The van der Waals surface area contributed by atoms with Gasteiger partial charge in [-0.3, -0.25) is 0 Å². The highest BCUT2D eigenvalue weighted by atomic mass is 16.4. The second kappa shape index (κ2) is 4.06. The van der Waals surface area contributed by atoms with Crippen molar-refractivity contribution in [3.05, 3.63) is 23.4 Å². The van der Waals surface area contributed by atoms with Crippen LogP contribution in [0.2, 0.25) is 0 Å². The normalized spacial score (nSPS) is 10.3. The Morgan fingerprint density at radius 3 is 2.71 bits per heavy atom. The quantitative estimate of drug-likeness (QED) is 0.704. The van der Waals surface area contributed by atoms with E-state index in [0.29, 0.717) is 11.4 Å². The summed E-state index contributed by atoms with van der Waals surface area (Å²) >= 11 is 0. The molecular weight excluding hydrogens is 182 g/mol. The van der Waals surface area contributed by atoms with Gasteiger partial charge in [-0.25, -0.2) is 14.8 Å². The zero-order valence-electron chi connectivity index (χ0n) is 8.40. The number of aromatic carboxylic acids is 1. The number of carboxylic acids is 1. The lowest BCUT2D eigenvalue weighted by Gasteiger charge is -2.15. The van der Waals surface area contributed by atoms with Crippen molar-refractivity contribution in [1.29, 1.82) is 0 Å². The smallest absolute Gasteiger partial charge is 0.339 e. The van der Waals surface area contributed by atoms with E-state index in [0.717, 1.165) is 0 Å². The first-order valence-electron chi connectivity index (χ1n) is 4.15. The summed E-state index contributed by atoms with van der Waals surface area (Å²) in [4.78, 5) is 14.9. The van der Waals surface area contributed by atoms with Crippen LogP contribution in [-0.4, -0.2) is 35.2 Å². The van der Waals surface area contributed by atoms with Crippen molar-refractivity contribution >= 4 is 11.8 Å². The number of hydrazine groups is 1. The molecule has 0 fully saturated rings. The van der Waals surface area contributed by atoms with Crippen LogP contribution in [0.4, 0.5) is 5.82 Å². The molecule has 2 N–H and O–H groups in total. The average Bonchev–Trinajstić information content (AvgIpc) is 2.01. The van der Waals surface area contributed by atoms with Crippen molar-refractivity contribution in [2.45, 2.75) is 6.92 Å². The minimum absolute atomic E-state index is 0.209. The molecule has 0 aliphatic carbocycles. The molecule has 1 rings (SSSR count). The largest absolute Gasteiger partial charge is 0.478 e. The summed E-state index contributed by atoms with van der Waals surface area (Å²) in [5.41, 5.74) is 3.74. The standard InChI is InChI=1S/C9H13N3O2/c1-6-4-5-10-8(11-12(2)3)7(6)9(13)14/h4-5H,1-3H3,(H,10,11)(H,13,14). The predicted molar refractivity (Wildman–Crippen MR) is 53.2 cm³/mol. The molecule has 0 amide bonds. The highest BCUT2D eigenvalue weighted by Crippen LogP contribution is 2.16. The lowest BCUT2D eigenvalue weighted by atomic mass is 10.1. The van der Waals surface area contributed by atoms with Gasteiger partial charge in [-0.05, 0) is 18.6 Å². The Bertz CT molecular complexity index is 350. The van der Waals surface area contributed by atoms with Crippen molar-refractivity contribution in [2.24, 2.45) is 0 Å². The molecule has 0 aliphatic rings. The number of anilines is 1. The molecule has 0 radical (unpaired) electrons. The van der Waals surface area contributed by atoms with Crippen LogP contribution in [0.5, 0.6) is 0 Å². The van der Waals surface area contributed by atoms with Crippen LogP contribution in [0.3, 0.4) is 0 Å². The summed E-state index contributed by atoms with van der Waals surface area (Å²) < 4.78 is 0. The monoisotopic (exact) mass is 195 g/mol. The van der Waals surface area contributed by atoms with Gasteiger partial charge in [0.05, 0.1) is 0 Å². The molecule has 0 spiro atoms. The van der Waals surface area contributed by atoms with Crippen LogP contribution in [0.25, 0.3) is 0 Å². The van der Waals surface area contributed by atoms with Crippen molar-refractivity contribution in [2.75, 3.05) is 19.5 Å². The maximum Gasteiger partial charge on any atom is 0.339 e. The van der Waals surface area contributed by atoms with E-state index in [-0.39, 0.29) is 5.56 Å². The topological polar surface area (TPSA) is 65.5 Å². The van der Waals surface area contributed by atoms with E-state index in [1.165, 1.54) is 0 Å². The second-order valence-corrected chi connectivity index (χ2v) is 3.16. The third-order valence-electron chi connectivity index (χ3n) is 1.70. The van der Waals surface area contributed by atoms with Crippen LogP contribution in [-0.2, 0) is 0 Å². The van der Waals surface area contributed by atoms with Crippen LogP contribution >= 0.6 is 0 Å². The lowest BCUT2D eigenvalue weighted by molar-refractivity contribution is 0.0696. The third kappa shape index (κ3) is 2.20. The van der Waals surface area contributed by atoms with Crippen molar-refractivity contribution in [3.63, 3.8) is 0 Å². The van der Waals surface area contributed by atoms with E-state index < -0.39 is 5.97 Å². The number of nitrogens with one attached hydrogen (secondary N) is 1. The van der Waals surface area contributed by atoms with Crippen molar-refractivity contribution in [1.82, 2.24) is 9.99 Å². The molecular formula is C9H13N3O2.